The standard InChI is InChI=1S/C24H28N6O6S.C8H8N2/c1-14-9-17(12-25-10-14)22-27-28-24(30(22)20-18(35-4)7-6-8-19(20)36-5)29-13-15(2)11-26-23(29)21(31)16(3)37(32,33)34;9-8-5-6-3-1-2-4-7(6)10-8/h6-13,16,21,23,31H,1-5H3,(H,32,33,34);1-5,10H,9H2/t16-,21-,23?;/m0./s1. The van der Waals surface area contributed by atoms with Gasteiger partial charge in [0.2, 0.25) is 5.95 Å². The number of aliphatic hydroxyl groups excluding tert-OH is 1. The number of rotatable bonds is 8. The van der Waals surface area contributed by atoms with E-state index in [1.807, 2.05) is 43.3 Å². The number of benzene rings is 2. The highest BCUT2D eigenvalue weighted by molar-refractivity contribution is 7.86. The molecular formula is C32H36N8O6S. The number of methoxy groups -OCH3 is 2. The molecule has 6 rings (SSSR count). The van der Waals surface area contributed by atoms with Crippen LogP contribution in [0.4, 0.5) is 11.8 Å². The molecule has 3 atom stereocenters. The Morgan fingerprint density at radius 3 is 2.34 bits per heavy atom. The molecule has 47 heavy (non-hydrogen) atoms. The van der Waals surface area contributed by atoms with E-state index >= 15 is 0 Å². The number of pyridine rings is 1. The van der Waals surface area contributed by atoms with Crippen molar-refractivity contribution in [1.82, 2.24) is 24.7 Å². The Morgan fingerprint density at radius 2 is 1.70 bits per heavy atom. The number of anilines is 2. The molecule has 2 aromatic carbocycles. The molecule has 0 aliphatic carbocycles. The Morgan fingerprint density at radius 1 is 1.00 bits per heavy atom. The number of fused-ring (bicyclic) bond motifs is 1. The highest BCUT2D eigenvalue weighted by atomic mass is 32.2. The van der Waals surface area contributed by atoms with Gasteiger partial charge in [-0.1, -0.05) is 24.3 Å². The summed E-state index contributed by atoms with van der Waals surface area (Å²) in [4.78, 5) is 13.2. The van der Waals surface area contributed by atoms with Gasteiger partial charge in [0.1, 0.15) is 34.4 Å². The van der Waals surface area contributed by atoms with Crippen molar-refractivity contribution < 1.29 is 27.6 Å². The van der Waals surface area contributed by atoms with E-state index in [0.29, 0.717) is 34.1 Å². The lowest BCUT2D eigenvalue weighted by atomic mass is 10.1. The predicted molar refractivity (Wildman–Crippen MR) is 181 cm³/mol. The molecule has 1 aliphatic heterocycles. The van der Waals surface area contributed by atoms with Crippen molar-refractivity contribution >= 4 is 39.0 Å². The Bertz CT molecular complexity index is 2000. The lowest BCUT2D eigenvalue weighted by molar-refractivity contribution is 0.141. The van der Waals surface area contributed by atoms with Crippen LogP contribution < -0.4 is 20.1 Å². The van der Waals surface area contributed by atoms with Crippen molar-refractivity contribution in [2.24, 2.45) is 4.99 Å². The first-order valence-corrected chi connectivity index (χ1v) is 16.0. The third-order valence-electron chi connectivity index (χ3n) is 7.50. The molecule has 0 fully saturated rings. The number of H-pyrrole nitrogens is 1. The van der Waals surface area contributed by atoms with Crippen LogP contribution >= 0.6 is 0 Å². The Labute approximate surface area is 272 Å². The van der Waals surface area contributed by atoms with Gasteiger partial charge in [-0.2, -0.15) is 8.42 Å². The van der Waals surface area contributed by atoms with Gasteiger partial charge in [0.15, 0.2) is 12.0 Å². The number of nitrogen functional groups attached to an aromatic ring is 1. The monoisotopic (exact) mass is 660 g/mol. The fourth-order valence-corrected chi connectivity index (χ4v) is 5.60. The average molecular weight is 661 g/mol. The summed E-state index contributed by atoms with van der Waals surface area (Å²) in [7, 11) is -1.52. The summed E-state index contributed by atoms with van der Waals surface area (Å²) in [5.41, 5.74) is 9.36. The molecule has 15 heteroatoms. The van der Waals surface area contributed by atoms with Crippen LogP contribution in [0.3, 0.4) is 0 Å². The molecule has 3 aromatic heterocycles. The first kappa shape index (κ1) is 33.1. The molecule has 0 saturated carbocycles. The number of para-hydroxylation sites is 2. The number of aryl methyl sites for hydroxylation is 1. The maximum Gasteiger partial charge on any atom is 0.270 e. The van der Waals surface area contributed by atoms with Gasteiger partial charge in [-0.15, -0.1) is 10.2 Å². The molecule has 5 aromatic rings. The molecule has 1 unspecified atom stereocenters. The second-order valence-electron chi connectivity index (χ2n) is 10.9. The van der Waals surface area contributed by atoms with E-state index in [1.165, 1.54) is 37.6 Å². The second-order valence-corrected chi connectivity index (χ2v) is 12.7. The number of nitrogens with one attached hydrogen (secondary N) is 1. The minimum Gasteiger partial charge on any atom is -0.494 e. The lowest BCUT2D eigenvalue weighted by Crippen LogP contribution is -2.49. The van der Waals surface area contributed by atoms with Gasteiger partial charge in [0.05, 0.1) is 14.2 Å². The minimum atomic E-state index is -4.56. The molecule has 0 saturated heterocycles. The van der Waals surface area contributed by atoms with Crippen LogP contribution in [0, 0.1) is 6.92 Å². The maximum atomic E-state index is 11.8. The highest BCUT2D eigenvalue weighted by Gasteiger charge is 2.39. The molecule has 0 spiro atoms. The zero-order valence-electron chi connectivity index (χ0n) is 26.4. The Kier molecular flexibility index (Phi) is 9.60. The number of aromatic amines is 1. The summed E-state index contributed by atoms with van der Waals surface area (Å²) in [6.45, 7) is 4.90. The van der Waals surface area contributed by atoms with E-state index in [0.717, 1.165) is 16.9 Å². The van der Waals surface area contributed by atoms with Crippen LogP contribution in [0.2, 0.25) is 0 Å². The van der Waals surface area contributed by atoms with Crippen molar-refractivity contribution in [1.29, 1.82) is 0 Å². The number of aliphatic hydroxyl groups is 1. The summed E-state index contributed by atoms with van der Waals surface area (Å²) >= 11 is 0. The topological polar surface area (TPSA) is 194 Å². The molecule has 5 N–H and O–H groups in total. The van der Waals surface area contributed by atoms with Gasteiger partial charge in [0.25, 0.3) is 10.1 Å². The number of nitrogens with two attached hydrogens (primary N) is 1. The van der Waals surface area contributed by atoms with Crippen LogP contribution in [-0.4, -0.2) is 80.8 Å². The van der Waals surface area contributed by atoms with E-state index in [1.54, 1.807) is 48.3 Å². The SMILES string of the molecule is COc1cccc(OC)c1-n1c(-c2cncc(C)c2)nnc1N1C=C(C)C=NC1[C@@H](O)[C@H](C)S(=O)(=O)O.Nc1cc2ccccc2[nH]1. The van der Waals surface area contributed by atoms with Crippen LogP contribution in [-0.2, 0) is 10.1 Å². The van der Waals surface area contributed by atoms with Crippen molar-refractivity contribution in [2.75, 3.05) is 24.9 Å². The third kappa shape index (κ3) is 6.96. The van der Waals surface area contributed by atoms with Crippen molar-refractivity contribution in [2.45, 2.75) is 38.3 Å². The van der Waals surface area contributed by atoms with Crippen molar-refractivity contribution in [3.05, 3.63) is 84.3 Å². The minimum absolute atomic E-state index is 0.196. The average Bonchev–Trinajstić information content (AvgIpc) is 3.66. The van der Waals surface area contributed by atoms with Crippen molar-refractivity contribution in [3.63, 3.8) is 0 Å². The van der Waals surface area contributed by atoms with Gasteiger partial charge in [0, 0.05) is 41.3 Å². The molecule has 0 radical (unpaired) electrons. The number of aromatic nitrogens is 5. The summed E-state index contributed by atoms with van der Waals surface area (Å²) in [5, 5.41) is 19.5. The van der Waals surface area contributed by atoms with Crippen molar-refractivity contribution in [3.8, 4) is 28.6 Å². The zero-order valence-corrected chi connectivity index (χ0v) is 27.3. The number of aliphatic imine (C=N–C) groups is 1. The van der Waals surface area contributed by atoms with E-state index in [2.05, 4.69) is 25.2 Å². The van der Waals surface area contributed by atoms with E-state index in [9.17, 15) is 18.1 Å². The van der Waals surface area contributed by atoms with Crippen LogP contribution in [0.15, 0.2) is 83.8 Å². The van der Waals surface area contributed by atoms with Gasteiger partial charge in [-0.25, -0.2) is 0 Å². The van der Waals surface area contributed by atoms with Gasteiger partial charge < -0.3 is 25.3 Å². The van der Waals surface area contributed by atoms with E-state index < -0.39 is 27.6 Å². The summed E-state index contributed by atoms with van der Waals surface area (Å²) in [5.74, 6) is 2.22. The zero-order chi connectivity index (χ0) is 33.9. The lowest BCUT2D eigenvalue weighted by Gasteiger charge is -2.34. The predicted octanol–water partition coefficient (Wildman–Crippen LogP) is 4.16. The molecular weight excluding hydrogens is 624 g/mol. The molecule has 14 nitrogen and oxygen atoms in total. The largest absolute Gasteiger partial charge is 0.494 e. The number of ether oxygens (including phenoxy) is 2. The quantitative estimate of drug-likeness (QED) is 0.175. The van der Waals surface area contributed by atoms with Gasteiger partial charge >= 0.3 is 0 Å². The molecule has 4 heterocycles. The summed E-state index contributed by atoms with van der Waals surface area (Å²) in [6, 6.07) is 17.1. The normalized spacial score (nSPS) is 15.9. The van der Waals surface area contributed by atoms with E-state index in [-0.39, 0.29) is 5.95 Å². The Hall–Kier alpha value is -5.25. The van der Waals surface area contributed by atoms with E-state index in [4.69, 9.17) is 15.2 Å². The number of allylic oxidation sites excluding steroid dienone is 1. The first-order chi connectivity index (χ1) is 22.4. The summed E-state index contributed by atoms with van der Waals surface area (Å²) < 4.78 is 46.2. The fraction of sp³-hybridized carbons (Fsp3) is 0.250. The summed E-state index contributed by atoms with van der Waals surface area (Å²) in [6.07, 6.45) is 3.78. The molecule has 0 amide bonds. The molecule has 0 bridgehead atoms. The van der Waals surface area contributed by atoms with Crippen LogP contribution in [0.25, 0.3) is 28.0 Å². The maximum absolute atomic E-state index is 11.8. The van der Waals surface area contributed by atoms with Gasteiger partial charge in [-0.05, 0) is 62.2 Å². The molecule has 1 aliphatic rings. The second kappa shape index (κ2) is 13.6. The smallest absolute Gasteiger partial charge is 0.270 e. The number of hydrogen-bond acceptors (Lipinski definition) is 11. The highest BCUT2D eigenvalue weighted by Crippen LogP contribution is 2.39. The fourth-order valence-electron chi connectivity index (χ4n) is 5.10. The number of hydrogen-bond donors (Lipinski definition) is 4. The van der Waals surface area contributed by atoms with Gasteiger partial charge in [-0.3, -0.25) is 24.0 Å². The van der Waals surface area contributed by atoms with Crippen LogP contribution in [0.1, 0.15) is 19.4 Å². The Balaban J connectivity index is 0.000000365. The third-order valence-corrected chi connectivity index (χ3v) is 8.72. The van der Waals surface area contributed by atoms with Crippen LogP contribution in [0.5, 0.6) is 11.5 Å². The first-order valence-electron chi connectivity index (χ1n) is 14.5. The number of nitrogens with zero attached hydrogens (tertiary/aromatic N) is 6. The molecule has 246 valence electrons.